The normalized spacial score (nSPS) is 16.6. The third-order valence-electron chi connectivity index (χ3n) is 3.82. The molecule has 0 spiro atoms. The topological polar surface area (TPSA) is 43.7 Å². The zero-order valence-electron chi connectivity index (χ0n) is 10.9. The van der Waals surface area contributed by atoms with E-state index in [1.165, 1.54) is 31.2 Å². The van der Waals surface area contributed by atoms with Crippen LogP contribution in [-0.2, 0) is 13.2 Å². The van der Waals surface area contributed by atoms with E-state index in [4.69, 9.17) is 5.11 Å². The third-order valence-corrected chi connectivity index (χ3v) is 3.82. The van der Waals surface area contributed by atoms with Crippen molar-refractivity contribution in [2.75, 3.05) is 13.2 Å². The van der Waals surface area contributed by atoms with E-state index in [9.17, 15) is 5.11 Å². The Morgan fingerprint density at radius 2 is 1.61 bits per heavy atom. The van der Waals surface area contributed by atoms with E-state index in [-0.39, 0.29) is 13.2 Å². The van der Waals surface area contributed by atoms with Crippen LogP contribution in [0.1, 0.15) is 36.8 Å². The fraction of sp³-hybridized carbons (Fsp3) is 0.600. The first-order valence-corrected chi connectivity index (χ1v) is 6.87. The summed E-state index contributed by atoms with van der Waals surface area (Å²) in [4.78, 5) is 2.39. The standard InChI is InChI=1S/C15H23NO2/c17-10-9-16(15-3-1-2-4-15)11-13-5-7-14(12-18)8-6-13/h5-8,15,17-18H,1-4,9-12H2. The molecule has 0 saturated heterocycles. The van der Waals surface area contributed by atoms with Crippen LogP contribution < -0.4 is 0 Å². The minimum absolute atomic E-state index is 0.100. The Kier molecular flexibility index (Phi) is 5.17. The monoisotopic (exact) mass is 249 g/mol. The molecule has 0 aliphatic heterocycles. The van der Waals surface area contributed by atoms with Crippen LogP contribution in [0.5, 0.6) is 0 Å². The number of nitrogens with zero attached hydrogens (tertiary/aromatic N) is 1. The van der Waals surface area contributed by atoms with Gasteiger partial charge in [-0.25, -0.2) is 0 Å². The Bertz CT molecular complexity index is 344. The number of benzene rings is 1. The van der Waals surface area contributed by atoms with E-state index in [1.807, 2.05) is 12.1 Å². The smallest absolute Gasteiger partial charge is 0.0681 e. The van der Waals surface area contributed by atoms with Crippen LogP contribution in [0, 0.1) is 0 Å². The van der Waals surface area contributed by atoms with Crippen LogP contribution in [0.25, 0.3) is 0 Å². The van der Waals surface area contributed by atoms with Crippen molar-refractivity contribution >= 4 is 0 Å². The van der Waals surface area contributed by atoms with Gasteiger partial charge in [-0.1, -0.05) is 37.1 Å². The van der Waals surface area contributed by atoms with Gasteiger partial charge in [-0.2, -0.15) is 0 Å². The largest absolute Gasteiger partial charge is 0.395 e. The number of aliphatic hydroxyl groups excluding tert-OH is 2. The van der Waals surface area contributed by atoms with E-state index < -0.39 is 0 Å². The fourth-order valence-corrected chi connectivity index (χ4v) is 2.77. The van der Waals surface area contributed by atoms with Crippen LogP contribution in [-0.4, -0.2) is 34.3 Å². The minimum Gasteiger partial charge on any atom is -0.395 e. The van der Waals surface area contributed by atoms with Gasteiger partial charge in [0.2, 0.25) is 0 Å². The number of rotatable bonds is 6. The molecule has 100 valence electrons. The highest BCUT2D eigenvalue weighted by Crippen LogP contribution is 2.24. The Labute approximate surface area is 109 Å². The van der Waals surface area contributed by atoms with E-state index in [1.54, 1.807) is 0 Å². The van der Waals surface area contributed by atoms with Gasteiger partial charge in [0.15, 0.2) is 0 Å². The molecular formula is C15H23NO2. The highest BCUT2D eigenvalue weighted by molar-refractivity contribution is 5.22. The first-order valence-electron chi connectivity index (χ1n) is 6.87. The molecule has 0 amide bonds. The Morgan fingerprint density at radius 1 is 1.00 bits per heavy atom. The molecule has 0 unspecified atom stereocenters. The van der Waals surface area contributed by atoms with Crippen molar-refractivity contribution in [3.05, 3.63) is 35.4 Å². The van der Waals surface area contributed by atoms with Crippen LogP contribution in [0.3, 0.4) is 0 Å². The SMILES string of the molecule is OCCN(Cc1ccc(CO)cc1)C1CCCC1. The maximum absolute atomic E-state index is 9.18. The second-order valence-electron chi connectivity index (χ2n) is 5.11. The first kappa shape index (κ1) is 13.5. The highest BCUT2D eigenvalue weighted by atomic mass is 16.3. The second-order valence-corrected chi connectivity index (χ2v) is 5.11. The Morgan fingerprint density at radius 3 is 2.17 bits per heavy atom. The van der Waals surface area contributed by atoms with E-state index >= 15 is 0 Å². The lowest BCUT2D eigenvalue weighted by Crippen LogP contribution is -2.35. The zero-order valence-corrected chi connectivity index (χ0v) is 10.9. The quantitative estimate of drug-likeness (QED) is 0.809. The lowest BCUT2D eigenvalue weighted by atomic mass is 10.1. The van der Waals surface area contributed by atoms with Crippen LogP contribution in [0.15, 0.2) is 24.3 Å². The summed E-state index contributed by atoms with van der Waals surface area (Å²) in [7, 11) is 0. The maximum Gasteiger partial charge on any atom is 0.0681 e. The van der Waals surface area contributed by atoms with Crippen molar-refractivity contribution in [3.8, 4) is 0 Å². The fourth-order valence-electron chi connectivity index (χ4n) is 2.77. The van der Waals surface area contributed by atoms with Crippen molar-refractivity contribution in [3.63, 3.8) is 0 Å². The summed E-state index contributed by atoms with van der Waals surface area (Å²) in [6.45, 7) is 1.98. The average molecular weight is 249 g/mol. The highest BCUT2D eigenvalue weighted by Gasteiger charge is 2.21. The van der Waals surface area contributed by atoms with E-state index in [0.29, 0.717) is 6.04 Å². The summed E-state index contributed by atoms with van der Waals surface area (Å²) >= 11 is 0. The molecule has 2 rings (SSSR count). The molecule has 2 N–H and O–H groups in total. The van der Waals surface area contributed by atoms with Gasteiger partial charge in [0.25, 0.3) is 0 Å². The van der Waals surface area contributed by atoms with Crippen LogP contribution in [0.4, 0.5) is 0 Å². The molecule has 0 atom stereocenters. The van der Waals surface area contributed by atoms with Gasteiger partial charge in [0.1, 0.15) is 0 Å². The molecule has 1 aliphatic rings. The molecular weight excluding hydrogens is 226 g/mol. The van der Waals surface area contributed by atoms with Crippen molar-refractivity contribution in [2.45, 2.75) is 44.9 Å². The zero-order chi connectivity index (χ0) is 12.8. The molecule has 1 fully saturated rings. The summed E-state index contributed by atoms with van der Waals surface area (Å²) in [5.74, 6) is 0. The number of aliphatic hydroxyl groups is 2. The molecule has 18 heavy (non-hydrogen) atoms. The molecule has 1 aliphatic carbocycles. The molecule has 1 saturated carbocycles. The van der Waals surface area contributed by atoms with Gasteiger partial charge in [-0.3, -0.25) is 4.90 Å². The van der Waals surface area contributed by atoms with Crippen LogP contribution in [0.2, 0.25) is 0 Å². The lowest BCUT2D eigenvalue weighted by Gasteiger charge is -2.28. The summed E-state index contributed by atoms with van der Waals surface area (Å²) in [5, 5.41) is 18.2. The molecule has 0 heterocycles. The van der Waals surface area contributed by atoms with Crippen LogP contribution >= 0.6 is 0 Å². The van der Waals surface area contributed by atoms with E-state index in [2.05, 4.69) is 17.0 Å². The van der Waals surface area contributed by atoms with Crippen molar-refractivity contribution in [2.24, 2.45) is 0 Å². The predicted molar refractivity (Wildman–Crippen MR) is 72.1 cm³/mol. The summed E-state index contributed by atoms with van der Waals surface area (Å²) < 4.78 is 0. The van der Waals surface area contributed by atoms with Crippen molar-refractivity contribution in [1.82, 2.24) is 4.90 Å². The molecule has 1 aromatic carbocycles. The Balaban J connectivity index is 1.98. The van der Waals surface area contributed by atoms with Crippen molar-refractivity contribution < 1.29 is 10.2 Å². The molecule has 0 bridgehead atoms. The third kappa shape index (κ3) is 3.55. The molecule has 0 radical (unpaired) electrons. The number of hydrogen-bond acceptors (Lipinski definition) is 3. The Hall–Kier alpha value is -0.900. The van der Waals surface area contributed by atoms with Gasteiger partial charge in [0.05, 0.1) is 13.2 Å². The number of hydrogen-bond donors (Lipinski definition) is 2. The van der Waals surface area contributed by atoms with E-state index in [0.717, 1.165) is 18.7 Å². The predicted octanol–water partition coefficient (Wildman–Crippen LogP) is 1.92. The average Bonchev–Trinajstić information content (AvgIpc) is 2.93. The first-order chi connectivity index (χ1) is 8.83. The molecule has 3 nitrogen and oxygen atoms in total. The summed E-state index contributed by atoms with van der Waals surface area (Å²) in [6.07, 6.45) is 5.15. The molecule has 1 aromatic rings. The van der Waals surface area contributed by atoms with Gasteiger partial charge in [-0.05, 0) is 24.0 Å². The van der Waals surface area contributed by atoms with Gasteiger partial charge in [0, 0.05) is 19.1 Å². The molecule has 0 aromatic heterocycles. The molecule has 3 heteroatoms. The summed E-state index contributed by atoms with van der Waals surface area (Å²) in [5.41, 5.74) is 2.21. The summed E-state index contributed by atoms with van der Waals surface area (Å²) in [6, 6.07) is 8.73. The van der Waals surface area contributed by atoms with Crippen molar-refractivity contribution in [1.29, 1.82) is 0 Å². The maximum atomic E-state index is 9.18. The van der Waals surface area contributed by atoms with Gasteiger partial charge >= 0.3 is 0 Å². The second kappa shape index (κ2) is 6.88. The minimum atomic E-state index is 0.100. The van der Waals surface area contributed by atoms with Gasteiger partial charge < -0.3 is 10.2 Å². The lowest BCUT2D eigenvalue weighted by molar-refractivity contribution is 0.145. The van der Waals surface area contributed by atoms with Gasteiger partial charge in [-0.15, -0.1) is 0 Å².